The number of hydrogen-bond acceptors (Lipinski definition) is 3. The summed E-state index contributed by atoms with van der Waals surface area (Å²) in [6.07, 6.45) is 0. The van der Waals surface area contributed by atoms with Crippen LogP contribution in [-0.4, -0.2) is 18.2 Å². The van der Waals surface area contributed by atoms with E-state index in [4.69, 9.17) is 14.7 Å². The first-order chi connectivity index (χ1) is 19.4. The summed E-state index contributed by atoms with van der Waals surface area (Å²) in [7, 11) is 1.25. The minimum atomic E-state index is -0.633. The quantitative estimate of drug-likeness (QED) is 0.139. The summed E-state index contributed by atoms with van der Waals surface area (Å²) < 4.78 is 6.49. The van der Waals surface area contributed by atoms with E-state index in [1.165, 1.54) is 22.0 Å². The summed E-state index contributed by atoms with van der Waals surface area (Å²) in [5, 5.41) is 0. The van der Waals surface area contributed by atoms with Crippen LogP contribution in [0, 0.1) is 0 Å². The van der Waals surface area contributed by atoms with Crippen LogP contribution in [0.2, 0.25) is 0 Å². The molecule has 0 unspecified atom stereocenters. The van der Waals surface area contributed by atoms with Gasteiger partial charge < -0.3 is 4.74 Å². The van der Waals surface area contributed by atoms with Crippen molar-refractivity contribution in [2.24, 2.45) is 9.98 Å². The summed E-state index contributed by atoms with van der Waals surface area (Å²) in [6, 6.07) is 37.7. The SMILES string of the molecule is CC(C)c1cccc(C(C)C)c1N=C(C1=NC(c2ccccc2)(c2ccccc2)CO1)c1ccccc1.[Br][Ni][Br]. The molecule has 3 nitrogen and oxygen atoms in total. The number of ether oxygens (including phenoxy) is 1. The van der Waals surface area contributed by atoms with Gasteiger partial charge in [0, 0.05) is 5.56 Å². The molecule has 0 N–H and O–H groups in total. The maximum atomic E-state index is 6.49. The van der Waals surface area contributed by atoms with Crippen molar-refractivity contribution in [3.05, 3.63) is 137 Å². The van der Waals surface area contributed by atoms with E-state index in [2.05, 4.69) is 135 Å². The Hall–Kier alpha value is -2.53. The van der Waals surface area contributed by atoms with E-state index in [1.807, 2.05) is 30.3 Å². The van der Waals surface area contributed by atoms with E-state index in [0.29, 0.717) is 24.3 Å². The zero-order valence-electron chi connectivity index (χ0n) is 23.1. The zero-order chi connectivity index (χ0) is 28.5. The molecule has 0 aliphatic carbocycles. The zero-order valence-corrected chi connectivity index (χ0v) is 27.3. The van der Waals surface area contributed by atoms with Crippen molar-refractivity contribution in [3.8, 4) is 0 Å². The fourth-order valence-corrected chi connectivity index (χ4v) is 5.01. The molecule has 0 aromatic heterocycles. The van der Waals surface area contributed by atoms with Crippen molar-refractivity contribution in [1.29, 1.82) is 0 Å². The molecule has 1 aliphatic rings. The summed E-state index contributed by atoms with van der Waals surface area (Å²) in [6.45, 7) is 9.31. The first-order valence-electron chi connectivity index (χ1n) is 13.3. The molecule has 5 rings (SSSR count). The molecule has 1 aliphatic heterocycles. The molecule has 4 aromatic rings. The molecule has 0 saturated carbocycles. The molecule has 6 heteroatoms. The molecule has 0 atom stereocenters. The van der Waals surface area contributed by atoms with Crippen molar-refractivity contribution in [1.82, 2.24) is 0 Å². The molecule has 0 bridgehead atoms. The second-order valence-electron chi connectivity index (χ2n) is 10.3. The van der Waals surface area contributed by atoms with Crippen LogP contribution in [0.5, 0.6) is 0 Å². The maximum absolute atomic E-state index is 6.49. The van der Waals surface area contributed by atoms with Crippen molar-refractivity contribution in [3.63, 3.8) is 0 Å². The van der Waals surface area contributed by atoms with Gasteiger partial charge in [0.2, 0.25) is 5.90 Å². The topological polar surface area (TPSA) is 34.0 Å². The standard InChI is InChI=1S/C34H34N2O.2BrH.Ni/c1-24(2)29-21-14-22-30(25(3)4)32(29)35-31(26-15-8-5-9-16-26)33-36-34(23-37-33,27-17-10-6-11-18-27)28-19-12-7-13-20-28;;;/h5-22,24-25H,23H2,1-4H3;2*1H;/q;;;+2/p-2. The van der Waals surface area contributed by atoms with Gasteiger partial charge in [-0.15, -0.1) is 0 Å². The van der Waals surface area contributed by atoms with Gasteiger partial charge in [-0.1, -0.05) is 137 Å². The van der Waals surface area contributed by atoms with Gasteiger partial charge in [-0.2, -0.15) is 0 Å². The Morgan fingerprint density at radius 2 is 1.18 bits per heavy atom. The summed E-state index contributed by atoms with van der Waals surface area (Å²) >= 11 is 6.00. The monoisotopic (exact) mass is 702 g/mol. The number of hydrogen-bond donors (Lipinski definition) is 0. The third kappa shape index (κ3) is 6.85. The molecule has 210 valence electrons. The minimum absolute atomic E-state index is 0.341. The van der Waals surface area contributed by atoms with Gasteiger partial charge in [0.1, 0.15) is 17.9 Å². The van der Waals surface area contributed by atoms with Crippen LogP contribution < -0.4 is 0 Å². The van der Waals surface area contributed by atoms with Crippen LogP contribution in [0.1, 0.15) is 67.3 Å². The second-order valence-corrected chi connectivity index (χ2v) is 15.2. The van der Waals surface area contributed by atoms with E-state index in [1.54, 1.807) is 0 Å². The van der Waals surface area contributed by atoms with Crippen molar-refractivity contribution < 1.29 is 15.6 Å². The van der Waals surface area contributed by atoms with Crippen LogP contribution in [0.25, 0.3) is 0 Å². The van der Waals surface area contributed by atoms with Crippen LogP contribution in [-0.2, 0) is 21.2 Å². The average molecular weight is 705 g/mol. The Balaban J connectivity index is 0.00000118. The third-order valence-electron chi connectivity index (χ3n) is 7.03. The predicted octanol–water partition coefficient (Wildman–Crippen LogP) is 10.1. The Bertz CT molecular complexity index is 1370. The van der Waals surface area contributed by atoms with Gasteiger partial charge in [0.05, 0.1) is 5.69 Å². The van der Waals surface area contributed by atoms with E-state index < -0.39 is 5.54 Å². The normalized spacial score (nSPS) is 14.5. The Kier molecular flexibility index (Phi) is 10.9. The number of benzene rings is 4. The molecule has 0 fully saturated rings. The fraction of sp³-hybridized carbons (Fsp3) is 0.235. The van der Waals surface area contributed by atoms with E-state index >= 15 is 0 Å². The Labute approximate surface area is 258 Å². The fourth-order valence-electron chi connectivity index (χ4n) is 5.01. The van der Waals surface area contributed by atoms with Gasteiger partial charge in [0.15, 0.2) is 0 Å². The molecule has 0 spiro atoms. The Morgan fingerprint density at radius 3 is 1.62 bits per heavy atom. The molecule has 0 radical (unpaired) electrons. The van der Waals surface area contributed by atoms with Gasteiger partial charge >= 0.3 is 39.3 Å². The number of halogens is 2. The molecule has 1 heterocycles. The summed E-state index contributed by atoms with van der Waals surface area (Å²) in [5.41, 5.74) is 6.82. The molecule has 0 amide bonds. The van der Waals surface area contributed by atoms with E-state index in [9.17, 15) is 0 Å². The van der Waals surface area contributed by atoms with Gasteiger partial charge in [-0.05, 0) is 34.1 Å². The van der Waals surface area contributed by atoms with Crippen LogP contribution in [0.3, 0.4) is 0 Å². The average Bonchev–Trinajstić information content (AvgIpc) is 3.44. The van der Waals surface area contributed by atoms with E-state index in [-0.39, 0.29) is 0 Å². The van der Waals surface area contributed by atoms with Crippen molar-refractivity contribution >= 4 is 45.7 Å². The van der Waals surface area contributed by atoms with Crippen molar-refractivity contribution in [2.75, 3.05) is 6.61 Å². The van der Waals surface area contributed by atoms with Gasteiger partial charge in [-0.25, -0.2) is 9.98 Å². The van der Waals surface area contributed by atoms with Crippen molar-refractivity contribution in [2.45, 2.75) is 45.1 Å². The number of rotatable bonds is 7. The molecule has 4 aromatic carbocycles. The van der Waals surface area contributed by atoms with Crippen LogP contribution in [0.15, 0.2) is 119 Å². The number of para-hydroxylation sites is 1. The molecule has 40 heavy (non-hydrogen) atoms. The number of aliphatic imine (C=N–C) groups is 2. The van der Waals surface area contributed by atoms with Crippen LogP contribution in [0.4, 0.5) is 5.69 Å². The molecule has 0 saturated heterocycles. The Morgan fingerprint density at radius 1 is 0.725 bits per heavy atom. The second kappa shape index (κ2) is 14.4. The molecular formula is C34H34Br2N2NiO. The van der Waals surface area contributed by atoms with E-state index in [0.717, 1.165) is 28.1 Å². The predicted molar refractivity (Wildman–Crippen MR) is 172 cm³/mol. The first-order valence-corrected chi connectivity index (χ1v) is 18.2. The molecular weight excluding hydrogens is 671 g/mol. The van der Waals surface area contributed by atoms with Crippen LogP contribution >= 0.6 is 28.5 Å². The van der Waals surface area contributed by atoms with Gasteiger partial charge in [-0.3, -0.25) is 0 Å². The van der Waals surface area contributed by atoms with Gasteiger partial charge in [0.25, 0.3) is 0 Å². The number of nitrogens with zero attached hydrogens (tertiary/aromatic N) is 2. The summed E-state index contributed by atoms with van der Waals surface area (Å²) in [5.74, 6) is 1.26. The third-order valence-corrected chi connectivity index (χ3v) is 7.03. The first kappa shape index (κ1) is 30.4. The summed E-state index contributed by atoms with van der Waals surface area (Å²) in [4.78, 5) is 10.7.